The van der Waals surface area contributed by atoms with E-state index in [0.717, 1.165) is 63.7 Å². The Balaban J connectivity index is 1.19. The van der Waals surface area contributed by atoms with Gasteiger partial charge >= 0.3 is 0 Å². The van der Waals surface area contributed by atoms with Gasteiger partial charge in [0.05, 0.1) is 58.1 Å². The number of carbonyl (C=O) groups is 1. The summed E-state index contributed by atoms with van der Waals surface area (Å²) in [5.74, 6) is 1.11. The van der Waals surface area contributed by atoms with Crippen LogP contribution in [0.2, 0.25) is 0 Å². The van der Waals surface area contributed by atoms with Crippen molar-refractivity contribution in [2.75, 3.05) is 57.8 Å². The van der Waals surface area contributed by atoms with Crippen molar-refractivity contribution < 1.29 is 19.3 Å². The molecular formula is C24H34N4O2+2. The number of hydrogen-bond acceptors (Lipinski definition) is 3. The standard InChI is InChI=1S/C24H32N4O2/c1-30-23-10-6-5-9-22(23)28-15-13-26(14-16-28)19-24(29)25-21-11-12-27(18-21)17-20-7-3-2-4-8-20/h2-10,21H,11-19H2,1H3,(H,25,29)/p+2/t21-/m0/s1. The van der Waals surface area contributed by atoms with Crippen LogP contribution in [0, 0.1) is 0 Å². The smallest absolute Gasteiger partial charge is 0.275 e. The molecule has 2 atom stereocenters. The second kappa shape index (κ2) is 9.96. The lowest BCUT2D eigenvalue weighted by molar-refractivity contribution is -0.901. The summed E-state index contributed by atoms with van der Waals surface area (Å²) in [6, 6.07) is 19.1. The molecule has 0 aliphatic carbocycles. The van der Waals surface area contributed by atoms with E-state index >= 15 is 0 Å². The molecule has 160 valence electrons. The summed E-state index contributed by atoms with van der Waals surface area (Å²) in [5, 5.41) is 3.29. The van der Waals surface area contributed by atoms with Gasteiger partial charge in [-0.3, -0.25) is 4.79 Å². The zero-order valence-electron chi connectivity index (χ0n) is 17.9. The molecule has 3 N–H and O–H groups in total. The zero-order valence-corrected chi connectivity index (χ0v) is 17.9. The number of amides is 1. The minimum atomic E-state index is 0.196. The molecule has 0 radical (unpaired) electrons. The van der Waals surface area contributed by atoms with Gasteiger partial charge in [0.25, 0.3) is 5.91 Å². The lowest BCUT2D eigenvalue weighted by atomic mass is 10.2. The Morgan fingerprint density at radius 1 is 1.03 bits per heavy atom. The second-order valence-electron chi connectivity index (χ2n) is 8.51. The quantitative estimate of drug-likeness (QED) is 0.570. The SMILES string of the molecule is COc1ccccc1N1CC[NH+](CC(=O)N[C@H]2CC[NH+](Cc3ccccc3)C2)CC1. The normalized spacial score (nSPS) is 22.1. The van der Waals surface area contributed by atoms with Crippen molar-refractivity contribution in [2.24, 2.45) is 0 Å². The summed E-state index contributed by atoms with van der Waals surface area (Å²) in [7, 11) is 1.72. The minimum Gasteiger partial charge on any atom is -0.495 e. The van der Waals surface area contributed by atoms with Gasteiger partial charge in [-0.1, -0.05) is 42.5 Å². The third-order valence-corrected chi connectivity index (χ3v) is 6.35. The number of nitrogens with zero attached hydrogens (tertiary/aromatic N) is 1. The van der Waals surface area contributed by atoms with Gasteiger partial charge in [0.1, 0.15) is 12.3 Å². The molecule has 4 rings (SSSR count). The molecule has 1 unspecified atom stereocenters. The predicted octanol–water partition coefficient (Wildman–Crippen LogP) is -0.626. The average Bonchev–Trinajstić information content (AvgIpc) is 3.21. The number of para-hydroxylation sites is 2. The summed E-state index contributed by atoms with van der Waals surface area (Å²) < 4.78 is 5.50. The van der Waals surface area contributed by atoms with Gasteiger partial charge in [-0.15, -0.1) is 0 Å². The molecule has 2 saturated heterocycles. The average molecular weight is 411 g/mol. The summed E-state index contributed by atoms with van der Waals surface area (Å²) in [6.45, 7) is 7.61. The highest BCUT2D eigenvalue weighted by molar-refractivity contribution is 5.77. The first-order valence-corrected chi connectivity index (χ1v) is 11.1. The highest BCUT2D eigenvalue weighted by atomic mass is 16.5. The molecule has 6 heteroatoms. The van der Waals surface area contributed by atoms with Crippen LogP contribution in [0.15, 0.2) is 54.6 Å². The third kappa shape index (κ3) is 5.32. The largest absolute Gasteiger partial charge is 0.495 e. The number of carbonyl (C=O) groups excluding carboxylic acids is 1. The Hall–Kier alpha value is -2.57. The molecule has 2 aromatic carbocycles. The first-order valence-electron chi connectivity index (χ1n) is 11.1. The Bertz CT molecular complexity index is 821. The van der Waals surface area contributed by atoms with E-state index in [0.29, 0.717) is 12.6 Å². The summed E-state index contributed by atoms with van der Waals surface area (Å²) >= 11 is 0. The maximum atomic E-state index is 12.6. The molecule has 1 amide bonds. The Morgan fingerprint density at radius 3 is 2.53 bits per heavy atom. The van der Waals surface area contributed by atoms with Crippen LogP contribution in [-0.2, 0) is 11.3 Å². The van der Waals surface area contributed by atoms with Crippen molar-refractivity contribution >= 4 is 11.6 Å². The van der Waals surface area contributed by atoms with Crippen molar-refractivity contribution in [2.45, 2.75) is 19.0 Å². The van der Waals surface area contributed by atoms with Crippen LogP contribution in [0.4, 0.5) is 5.69 Å². The predicted molar refractivity (Wildman–Crippen MR) is 118 cm³/mol. The van der Waals surface area contributed by atoms with Gasteiger partial charge in [0, 0.05) is 12.0 Å². The topological polar surface area (TPSA) is 50.5 Å². The van der Waals surface area contributed by atoms with Crippen molar-refractivity contribution in [1.82, 2.24) is 5.32 Å². The molecule has 2 aromatic rings. The monoisotopic (exact) mass is 410 g/mol. The number of quaternary nitrogens is 2. The molecule has 0 saturated carbocycles. The van der Waals surface area contributed by atoms with Crippen LogP contribution < -0.4 is 24.8 Å². The minimum absolute atomic E-state index is 0.196. The number of hydrogen-bond donors (Lipinski definition) is 3. The molecule has 2 fully saturated rings. The van der Waals surface area contributed by atoms with Crippen LogP contribution in [0.3, 0.4) is 0 Å². The van der Waals surface area contributed by atoms with Crippen molar-refractivity contribution in [3.8, 4) is 5.75 Å². The number of rotatable bonds is 7. The second-order valence-corrected chi connectivity index (χ2v) is 8.51. The molecular weight excluding hydrogens is 376 g/mol. The van der Waals surface area contributed by atoms with Crippen LogP contribution in [0.1, 0.15) is 12.0 Å². The van der Waals surface area contributed by atoms with Crippen LogP contribution in [-0.4, -0.2) is 64.9 Å². The van der Waals surface area contributed by atoms with E-state index < -0.39 is 0 Å². The molecule has 30 heavy (non-hydrogen) atoms. The van der Waals surface area contributed by atoms with Crippen LogP contribution in [0.25, 0.3) is 0 Å². The van der Waals surface area contributed by atoms with Crippen LogP contribution in [0.5, 0.6) is 5.75 Å². The maximum Gasteiger partial charge on any atom is 0.275 e. The van der Waals surface area contributed by atoms with Crippen molar-refractivity contribution in [1.29, 1.82) is 0 Å². The van der Waals surface area contributed by atoms with Crippen molar-refractivity contribution in [3.63, 3.8) is 0 Å². The Morgan fingerprint density at radius 2 is 1.77 bits per heavy atom. The Labute approximate surface area is 179 Å². The lowest BCUT2D eigenvalue weighted by Gasteiger charge is -2.34. The van der Waals surface area contributed by atoms with E-state index in [2.05, 4.69) is 52.7 Å². The van der Waals surface area contributed by atoms with E-state index in [1.807, 2.05) is 12.1 Å². The van der Waals surface area contributed by atoms with Crippen molar-refractivity contribution in [3.05, 3.63) is 60.2 Å². The van der Waals surface area contributed by atoms with E-state index in [1.165, 1.54) is 10.5 Å². The Kier molecular flexibility index (Phi) is 6.87. The molecule has 2 aliphatic rings. The number of likely N-dealkylation sites (tertiary alicyclic amines) is 1. The van der Waals surface area contributed by atoms with Gasteiger partial charge in [0.2, 0.25) is 0 Å². The number of piperazine rings is 1. The first kappa shape index (κ1) is 20.7. The molecule has 2 aliphatic heterocycles. The summed E-state index contributed by atoms with van der Waals surface area (Å²) in [4.78, 5) is 17.9. The van der Waals surface area contributed by atoms with E-state index in [4.69, 9.17) is 4.74 Å². The third-order valence-electron chi connectivity index (χ3n) is 6.35. The van der Waals surface area contributed by atoms with Gasteiger partial charge in [-0.25, -0.2) is 0 Å². The molecule has 0 aromatic heterocycles. The molecule has 2 heterocycles. The van der Waals surface area contributed by atoms with Crippen LogP contribution >= 0.6 is 0 Å². The molecule has 0 bridgehead atoms. The number of ether oxygens (including phenoxy) is 1. The molecule has 6 nitrogen and oxygen atoms in total. The van der Waals surface area contributed by atoms with Gasteiger partial charge in [-0.05, 0) is 12.1 Å². The maximum absolute atomic E-state index is 12.6. The highest BCUT2D eigenvalue weighted by Crippen LogP contribution is 2.27. The molecule has 0 spiro atoms. The summed E-state index contributed by atoms with van der Waals surface area (Å²) in [6.07, 6.45) is 1.07. The first-order chi connectivity index (χ1) is 14.7. The van der Waals surface area contributed by atoms with Gasteiger partial charge in [0.15, 0.2) is 6.54 Å². The zero-order chi connectivity index (χ0) is 20.8. The van der Waals surface area contributed by atoms with Gasteiger partial charge in [-0.2, -0.15) is 0 Å². The number of nitrogens with one attached hydrogen (secondary N) is 3. The fraction of sp³-hybridized carbons (Fsp3) is 0.458. The number of benzene rings is 2. The van der Waals surface area contributed by atoms with E-state index in [9.17, 15) is 4.79 Å². The lowest BCUT2D eigenvalue weighted by Crippen LogP contribution is -3.16. The van der Waals surface area contributed by atoms with Gasteiger partial charge < -0.3 is 24.8 Å². The fourth-order valence-corrected chi connectivity index (χ4v) is 4.74. The fourth-order valence-electron chi connectivity index (χ4n) is 4.74. The number of methoxy groups -OCH3 is 1. The van der Waals surface area contributed by atoms with E-state index in [1.54, 1.807) is 12.0 Å². The number of anilines is 1. The highest BCUT2D eigenvalue weighted by Gasteiger charge is 2.29. The summed E-state index contributed by atoms with van der Waals surface area (Å²) in [5.41, 5.74) is 2.52. The van der Waals surface area contributed by atoms with E-state index in [-0.39, 0.29) is 5.91 Å².